The number of benzene rings is 1. The molecule has 0 bridgehead atoms. The molecule has 2 nitrogen and oxygen atoms in total. The van der Waals surface area contributed by atoms with Crippen LogP contribution in [0.15, 0.2) is 22.0 Å². The van der Waals surface area contributed by atoms with Crippen LogP contribution in [0.4, 0.5) is 10.1 Å². The Kier molecular flexibility index (Phi) is 4.42. The highest BCUT2D eigenvalue weighted by atomic mass is 35.5. The number of alkyl halides is 1. The van der Waals surface area contributed by atoms with Gasteiger partial charge in [-0.15, -0.1) is 0 Å². The quantitative estimate of drug-likeness (QED) is 0.462. The summed E-state index contributed by atoms with van der Waals surface area (Å²) < 4.78 is 12.1. The molecule has 0 saturated heterocycles. The molecule has 0 N–H and O–H groups in total. The lowest BCUT2D eigenvalue weighted by molar-refractivity contribution is 0.565. The summed E-state index contributed by atoms with van der Waals surface area (Å²) in [6.45, 7) is 0. The van der Waals surface area contributed by atoms with Crippen molar-refractivity contribution in [3.05, 3.63) is 22.2 Å². The van der Waals surface area contributed by atoms with E-state index in [9.17, 15) is 9.18 Å². The van der Waals surface area contributed by atoms with E-state index in [0.717, 1.165) is 11.8 Å². The predicted molar refractivity (Wildman–Crippen MR) is 56.1 cm³/mol. The zero-order chi connectivity index (χ0) is 10.6. The molecule has 0 aliphatic heterocycles. The number of rotatable bonds is 3. The zero-order valence-electron chi connectivity index (χ0n) is 6.76. The van der Waals surface area contributed by atoms with Crippen molar-refractivity contribution in [1.82, 2.24) is 0 Å². The van der Waals surface area contributed by atoms with E-state index < -0.39 is 6.01 Å². The van der Waals surface area contributed by atoms with Crippen LogP contribution in [0.2, 0.25) is 10.0 Å². The average Bonchev–Trinajstić information content (AvgIpc) is 2.18. The van der Waals surface area contributed by atoms with Crippen molar-refractivity contribution < 1.29 is 9.18 Å². The monoisotopic (exact) mass is 251 g/mol. The fraction of sp³-hybridized carbons (Fsp3) is 0.125. The standard InChI is InChI=1S/C8H4Cl2FNOS/c9-5-1-2-6(12-4-13)8(7(5)10)14-3-11/h1-2H,3H2. The highest BCUT2D eigenvalue weighted by molar-refractivity contribution is 7.99. The molecule has 0 aliphatic carbocycles. The molecular formula is C8H4Cl2FNOS. The van der Waals surface area contributed by atoms with Gasteiger partial charge in [-0.2, -0.15) is 4.99 Å². The van der Waals surface area contributed by atoms with Crippen LogP contribution in [0.3, 0.4) is 0 Å². The minimum Gasteiger partial charge on any atom is -0.239 e. The van der Waals surface area contributed by atoms with E-state index in [1.165, 1.54) is 18.2 Å². The van der Waals surface area contributed by atoms with Crippen LogP contribution in [-0.2, 0) is 4.79 Å². The van der Waals surface area contributed by atoms with Crippen molar-refractivity contribution >= 4 is 46.7 Å². The fourth-order valence-corrected chi connectivity index (χ4v) is 2.00. The lowest BCUT2D eigenvalue weighted by atomic mass is 10.3. The molecular weight excluding hydrogens is 248 g/mol. The van der Waals surface area contributed by atoms with E-state index in [1.807, 2.05) is 0 Å². The van der Waals surface area contributed by atoms with Gasteiger partial charge in [0.1, 0.15) is 6.01 Å². The normalized spacial score (nSPS) is 9.64. The molecule has 1 aromatic rings. The van der Waals surface area contributed by atoms with E-state index in [4.69, 9.17) is 23.2 Å². The molecule has 0 fully saturated rings. The Hall–Kier alpha value is -0.540. The minimum absolute atomic E-state index is 0.200. The maximum absolute atomic E-state index is 12.1. The van der Waals surface area contributed by atoms with Crippen LogP contribution in [0.25, 0.3) is 0 Å². The second-order valence-electron chi connectivity index (χ2n) is 2.17. The summed E-state index contributed by atoms with van der Waals surface area (Å²) in [6.07, 6.45) is 1.37. The van der Waals surface area contributed by atoms with E-state index >= 15 is 0 Å². The van der Waals surface area contributed by atoms with Gasteiger partial charge in [0.05, 0.1) is 20.6 Å². The van der Waals surface area contributed by atoms with Gasteiger partial charge >= 0.3 is 0 Å². The zero-order valence-corrected chi connectivity index (χ0v) is 9.09. The Balaban J connectivity index is 3.29. The molecule has 0 unspecified atom stereocenters. The van der Waals surface area contributed by atoms with E-state index in [0.29, 0.717) is 9.92 Å². The Bertz CT molecular complexity index is 393. The molecule has 0 heterocycles. The molecule has 6 heteroatoms. The van der Waals surface area contributed by atoms with Gasteiger partial charge in [0.2, 0.25) is 6.08 Å². The maximum atomic E-state index is 12.1. The lowest BCUT2D eigenvalue weighted by Gasteiger charge is -2.05. The van der Waals surface area contributed by atoms with Gasteiger partial charge in [-0.3, -0.25) is 0 Å². The van der Waals surface area contributed by atoms with Crippen LogP contribution in [-0.4, -0.2) is 12.1 Å². The maximum Gasteiger partial charge on any atom is 0.240 e. The Morgan fingerprint density at radius 1 is 1.50 bits per heavy atom. The first kappa shape index (κ1) is 11.5. The van der Waals surface area contributed by atoms with Gasteiger partial charge in [-0.05, 0) is 12.1 Å². The molecule has 0 saturated carbocycles. The minimum atomic E-state index is -0.665. The van der Waals surface area contributed by atoms with Gasteiger partial charge < -0.3 is 0 Å². The highest BCUT2D eigenvalue weighted by Crippen LogP contribution is 2.40. The summed E-state index contributed by atoms with van der Waals surface area (Å²) >= 11 is 12.3. The Labute approximate surface area is 94.1 Å². The van der Waals surface area contributed by atoms with E-state index in [2.05, 4.69) is 4.99 Å². The first-order valence-corrected chi connectivity index (χ1v) is 5.19. The molecule has 0 aliphatic rings. The van der Waals surface area contributed by atoms with Gasteiger partial charge in [-0.1, -0.05) is 35.0 Å². The van der Waals surface area contributed by atoms with Crippen molar-refractivity contribution in [2.24, 2.45) is 4.99 Å². The topological polar surface area (TPSA) is 29.4 Å². The highest BCUT2D eigenvalue weighted by Gasteiger charge is 2.10. The Morgan fingerprint density at radius 3 is 2.79 bits per heavy atom. The summed E-state index contributed by atoms with van der Waals surface area (Å²) in [5.74, 6) is 0. The molecule has 0 aromatic heterocycles. The molecule has 14 heavy (non-hydrogen) atoms. The third-order valence-corrected chi connectivity index (χ3v) is 3.12. The number of halogens is 3. The second-order valence-corrected chi connectivity index (χ2v) is 3.87. The molecule has 0 amide bonds. The molecule has 1 rings (SSSR count). The molecule has 0 spiro atoms. The Morgan fingerprint density at radius 2 is 2.21 bits per heavy atom. The molecule has 74 valence electrons. The van der Waals surface area contributed by atoms with Gasteiger partial charge in [0, 0.05) is 0 Å². The average molecular weight is 252 g/mol. The SMILES string of the molecule is O=C=Nc1ccc(Cl)c(Cl)c1SCF. The van der Waals surface area contributed by atoms with Crippen molar-refractivity contribution in [2.75, 3.05) is 6.01 Å². The first-order chi connectivity index (χ1) is 6.70. The van der Waals surface area contributed by atoms with Crippen molar-refractivity contribution in [3.63, 3.8) is 0 Å². The summed E-state index contributed by atoms with van der Waals surface area (Å²) in [6, 6.07) is 2.31. The third-order valence-electron chi connectivity index (χ3n) is 1.39. The summed E-state index contributed by atoms with van der Waals surface area (Å²) in [7, 11) is 0. The van der Waals surface area contributed by atoms with Crippen molar-refractivity contribution in [2.45, 2.75) is 4.90 Å². The number of isocyanates is 1. The summed E-state index contributed by atoms with van der Waals surface area (Å²) in [5.41, 5.74) is 0.275. The summed E-state index contributed by atoms with van der Waals surface area (Å²) in [4.78, 5) is 13.8. The fourth-order valence-electron chi connectivity index (χ4n) is 0.851. The van der Waals surface area contributed by atoms with Crippen LogP contribution in [0.5, 0.6) is 0 Å². The number of nitrogens with zero attached hydrogens (tertiary/aromatic N) is 1. The molecule has 0 atom stereocenters. The second kappa shape index (κ2) is 5.37. The summed E-state index contributed by atoms with van der Waals surface area (Å²) in [5, 5.41) is 0.498. The number of hydrogen-bond donors (Lipinski definition) is 0. The van der Waals surface area contributed by atoms with Crippen LogP contribution >= 0.6 is 35.0 Å². The van der Waals surface area contributed by atoms with Gasteiger partial charge in [0.25, 0.3) is 0 Å². The number of hydrogen-bond acceptors (Lipinski definition) is 3. The first-order valence-electron chi connectivity index (χ1n) is 3.45. The van der Waals surface area contributed by atoms with E-state index in [1.54, 1.807) is 0 Å². The third kappa shape index (κ3) is 2.49. The largest absolute Gasteiger partial charge is 0.240 e. The van der Waals surface area contributed by atoms with Crippen molar-refractivity contribution in [1.29, 1.82) is 0 Å². The lowest BCUT2D eigenvalue weighted by Crippen LogP contribution is -1.79. The smallest absolute Gasteiger partial charge is 0.239 e. The van der Waals surface area contributed by atoms with Gasteiger partial charge in [-0.25, -0.2) is 9.18 Å². The van der Waals surface area contributed by atoms with E-state index in [-0.39, 0.29) is 10.7 Å². The van der Waals surface area contributed by atoms with Crippen LogP contribution in [0.1, 0.15) is 0 Å². The number of thioether (sulfide) groups is 1. The number of aliphatic imine (C=N–C) groups is 1. The van der Waals surface area contributed by atoms with Crippen LogP contribution in [0, 0.1) is 0 Å². The van der Waals surface area contributed by atoms with Crippen LogP contribution < -0.4 is 0 Å². The molecule has 0 radical (unpaired) electrons. The number of carbonyl (C=O) groups excluding carboxylic acids is 1. The molecule has 1 aromatic carbocycles. The van der Waals surface area contributed by atoms with Crippen molar-refractivity contribution in [3.8, 4) is 0 Å². The predicted octanol–water partition coefficient (Wildman–Crippen LogP) is 3.98. The van der Waals surface area contributed by atoms with Gasteiger partial charge in [0.15, 0.2) is 0 Å².